The van der Waals surface area contributed by atoms with E-state index in [0.29, 0.717) is 37.2 Å². The van der Waals surface area contributed by atoms with Crippen molar-refractivity contribution >= 4 is 28.6 Å². The van der Waals surface area contributed by atoms with Crippen molar-refractivity contribution in [1.29, 1.82) is 0 Å². The van der Waals surface area contributed by atoms with E-state index in [-0.39, 0.29) is 23.5 Å². The Labute approximate surface area is 165 Å². The Bertz CT molecular complexity index is 1040. The van der Waals surface area contributed by atoms with Gasteiger partial charge in [-0.1, -0.05) is 0 Å². The lowest BCUT2D eigenvalue weighted by Gasteiger charge is -2.36. The number of methoxy groups -OCH3 is 1. The number of piperazine rings is 1. The maximum absolute atomic E-state index is 13.4. The molecular weight excluding hydrogens is 380 g/mol. The van der Waals surface area contributed by atoms with Gasteiger partial charge in [0.15, 0.2) is 5.82 Å². The molecule has 2 aromatic carbocycles. The number of ether oxygens (including phenoxy) is 1. The largest absolute Gasteiger partial charge is 0.478 e. The van der Waals surface area contributed by atoms with Crippen molar-refractivity contribution in [2.45, 2.75) is 0 Å². The van der Waals surface area contributed by atoms with Crippen molar-refractivity contribution in [1.82, 2.24) is 14.9 Å². The SMILES string of the molecule is COc1nc2cc(F)ccc2nc1NC(=O)N1CCN(c2ccc(F)cc2)CC1. The van der Waals surface area contributed by atoms with Gasteiger partial charge in [-0.25, -0.2) is 23.5 Å². The van der Waals surface area contributed by atoms with Gasteiger partial charge < -0.3 is 14.5 Å². The van der Waals surface area contributed by atoms with Crippen LogP contribution in [0.3, 0.4) is 0 Å². The molecule has 1 saturated heterocycles. The molecule has 1 aromatic heterocycles. The molecular formula is C20H19F2N5O2. The lowest BCUT2D eigenvalue weighted by molar-refractivity contribution is 0.208. The number of nitrogens with zero attached hydrogens (tertiary/aromatic N) is 4. The van der Waals surface area contributed by atoms with Gasteiger partial charge in [-0.15, -0.1) is 0 Å². The van der Waals surface area contributed by atoms with Crippen molar-refractivity contribution in [3.8, 4) is 5.88 Å². The van der Waals surface area contributed by atoms with Gasteiger partial charge in [0.25, 0.3) is 5.88 Å². The Hall–Kier alpha value is -3.49. The standard InChI is InChI=1S/C20H19F2N5O2/c1-29-19-18(23-16-7-4-14(22)12-17(16)24-19)25-20(28)27-10-8-26(9-11-27)15-5-2-13(21)3-6-15/h2-7,12H,8-11H2,1H3,(H,23,25,28). The normalized spacial score (nSPS) is 14.2. The lowest BCUT2D eigenvalue weighted by Crippen LogP contribution is -2.50. The fourth-order valence-corrected chi connectivity index (χ4v) is 3.24. The van der Waals surface area contributed by atoms with Gasteiger partial charge in [0.1, 0.15) is 11.6 Å². The van der Waals surface area contributed by atoms with Crippen molar-refractivity contribution in [3.63, 3.8) is 0 Å². The summed E-state index contributed by atoms with van der Waals surface area (Å²) in [7, 11) is 1.41. The average molecular weight is 399 g/mol. The smallest absolute Gasteiger partial charge is 0.323 e. The van der Waals surface area contributed by atoms with Crippen LogP contribution in [0.25, 0.3) is 11.0 Å². The molecule has 0 saturated carbocycles. The van der Waals surface area contributed by atoms with Gasteiger partial charge in [-0.05, 0) is 36.4 Å². The number of carbonyl (C=O) groups excluding carboxylic acids is 1. The van der Waals surface area contributed by atoms with Crippen LogP contribution in [0.2, 0.25) is 0 Å². The summed E-state index contributed by atoms with van der Waals surface area (Å²) in [4.78, 5) is 25.0. The minimum absolute atomic E-state index is 0.112. The van der Waals surface area contributed by atoms with Crippen molar-refractivity contribution in [3.05, 3.63) is 54.1 Å². The molecule has 2 heterocycles. The Kier molecular flexibility index (Phi) is 5.11. The maximum Gasteiger partial charge on any atom is 0.323 e. The number of carbonyl (C=O) groups is 1. The maximum atomic E-state index is 13.4. The number of hydrogen-bond donors (Lipinski definition) is 1. The third-order valence-electron chi connectivity index (χ3n) is 4.77. The van der Waals surface area contributed by atoms with Crippen LogP contribution in [0.5, 0.6) is 5.88 Å². The Balaban J connectivity index is 1.44. The first-order valence-electron chi connectivity index (χ1n) is 9.11. The molecule has 0 unspecified atom stereocenters. The van der Waals surface area contributed by atoms with E-state index in [4.69, 9.17) is 4.74 Å². The molecule has 9 heteroatoms. The number of hydrogen-bond acceptors (Lipinski definition) is 5. The molecule has 1 aliphatic heterocycles. The molecule has 2 amide bonds. The number of anilines is 2. The number of rotatable bonds is 3. The number of amides is 2. The summed E-state index contributed by atoms with van der Waals surface area (Å²) >= 11 is 0. The summed E-state index contributed by atoms with van der Waals surface area (Å²) in [5, 5.41) is 2.73. The minimum Gasteiger partial charge on any atom is -0.478 e. The second-order valence-corrected chi connectivity index (χ2v) is 6.60. The van der Waals surface area contributed by atoms with Gasteiger partial charge >= 0.3 is 6.03 Å². The highest BCUT2D eigenvalue weighted by Crippen LogP contribution is 2.24. The zero-order valence-corrected chi connectivity index (χ0v) is 15.7. The van der Waals surface area contributed by atoms with Crippen LogP contribution in [-0.4, -0.2) is 54.2 Å². The van der Waals surface area contributed by atoms with Gasteiger partial charge in [0.05, 0.1) is 18.1 Å². The molecule has 29 heavy (non-hydrogen) atoms. The molecule has 0 spiro atoms. The van der Waals surface area contributed by atoms with Gasteiger partial charge in [0, 0.05) is 37.9 Å². The summed E-state index contributed by atoms with van der Waals surface area (Å²) in [6.07, 6.45) is 0. The Morgan fingerprint density at radius 2 is 1.66 bits per heavy atom. The van der Waals surface area contributed by atoms with Crippen LogP contribution in [0.4, 0.5) is 25.1 Å². The van der Waals surface area contributed by atoms with Crippen LogP contribution in [0.15, 0.2) is 42.5 Å². The fourth-order valence-electron chi connectivity index (χ4n) is 3.24. The number of benzene rings is 2. The molecule has 4 rings (SSSR count). The first-order chi connectivity index (χ1) is 14.0. The van der Waals surface area contributed by atoms with E-state index in [1.54, 1.807) is 17.0 Å². The molecule has 0 atom stereocenters. The van der Waals surface area contributed by atoms with Crippen LogP contribution in [0, 0.1) is 11.6 Å². The second-order valence-electron chi connectivity index (χ2n) is 6.60. The highest BCUT2D eigenvalue weighted by atomic mass is 19.1. The Morgan fingerprint density at radius 3 is 2.34 bits per heavy atom. The molecule has 1 aliphatic rings. The molecule has 3 aromatic rings. The van der Waals surface area contributed by atoms with Crippen LogP contribution in [-0.2, 0) is 0 Å². The molecule has 0 bridgehead atoms. The third-order valence-corrected chi connectivity index (χ3v) is 4.77. The van der Waals surface area contributed by atoms with Gasteiger partial charge in [0.2, 0.25) is 0 Å². The van der Waals surface area contributed by atoms with Crippen LogP contribution < -0.4 is 15.0 Å². The highest BCUT2D eigenvalue weighted by molar-refractivity contribution is 5.91. The number of fused-ring (bicyclic) bond motifs is 1. The van der Waals surface area contributed by atoms with E-state index < -0.39 is 5.82 Å². The fraction of sp³-hybridized carbons (Fsp3) is 0.250. The van der Waals surface area contributed by atoms with E-state index in [1.807, 2.05) is 0 Å². The quantitative estimate of drug-likeness (QED) is 0.732. The van der Waals surface area contributed by atoms with Crippen LogP contribution >= 0.6 is 0 Å². The Morgan fingerprint density at radius 1 is 0.966 bits per heavy atom. The van der Waals surface area contributed by atoms with E-state index in [0.717, 1.165) is 5.69 Å². The molecule has 7 nitrogen and oxygen atoms in total. The van der Waals surface area contributed by atoms with E-state index in [1.165, 1.54) is 37.4 Å². The summed E-state index contributed by atoms with van der Waals surface area (Å²) < 4.78 is 31.7. The summed E-state index contributed by atoms with van der Waals surface area (Å²) in [5.41, 5.74) is 1.71. The van der Waals surface area contributed by atoms with Crippen molar-refractivity contribution < 1.29 is 18.3 Å². The van der Waals surface area contributed by atoms with E-state index in [9.17, 15) is 13.6 Å². The van der Waals surface area contributed by atoms with Gasteiger partial charge in [-0.2, -0.15) is 0 Å². The molecule has 0 radical (unpaired) electrons. The molecule has 1 fully saturated rings. The number of halogens is 2. The monoisotopic (exact) mass is 399 g/mol. The summed E-state index contributed by atoms with van der Waals surface area (Å²) in [6.45, 7) is 2.24. The van der Waals surface area contributed by atoms with Crippen molar-refractivity contribution in [2.24, 2.45) is 0 Å². The minimum atomic E-state index is -0.426. The first kappa shape index (κ1) is 18.9. The van der Waals surface area contributed by atoms with Crippen LogP contribution in [0.1, 0.15) is 0 Å². The molecule has 0 aliphatic carbocycles. The first-order valence-corrected chi connectivity index (χ1v) is 9.11. The molecule has 1 N–H and O–H groups in total. The predicted octanol–water partition coefficient (Wildman–Crippen LogP) is 3.27. The number of nitrogens with one attached hydrogen (secondary N) is 1. The van der Waals surface area contributed by atoms with E-state index in [2.05, 4.69) is 20.2 Å². The average Bonchev–Trinajstić information content (AvgIpc) is 2.74. The predicted molar refractivity (Wildman–Crippen MR) is 105 cm³/mol. The topological polar surface area (TPSA) is 70.6 Å². The lowest BCUT2D eigenvalue weighted by atomic mass is 10.2. The highest BCUT2D eigenvalue weighted by Gasteiger charge is 2.23. The summed E-state index contributed by atoms with van der Waals surface area (Å²) in [6, 6.07) is 10.0. The molecule has 150 valence electrons. The van der Waals surface area contributed by atoms with Crippen molar-refractivity contribution in [2.75, 3.05) is 43.5 Å². The van der Waals surface area contributed by atoms with E-state index >= 15 is 0 Å². The zero-order chi connectivity index (χ0) is 20.4. The number of aromatic nitrogens is 2. The third kappa shape index (κ3) is 4.03. The zero-order valence-electron chi connectivity index (χ0n) is 15.7. The van der Waals surface area contributed by atoms with Gasteiger partial charge in [-0.3, -0.25) is 5.32 Å². The number of urea groups is 1. The summed E-state index contributed by atoms with van der Waals surface area (Å²) in [5.74, 6) is -0.413. The second kappa shape index (κ2) is 7.86.